The molecule has 2 aromatic heterocycles. The van der Waals surface area contributed by atoms with E-state index in [0.717, 1.165) is 33.5 Å². The number of Topliss-reactive ketones (excluding diaryl/α,β-unsaturated/α-hetero) is 1. The molecule has 1 aliphatic heterocycles. The van der Waals surface area contributed by atoms with Gasteiger partial charge in [-0.25, -0.2) is 0 Å². The van der Waals surface area contributed by atoms with Crippen molar-refractivity contribution in [2.24, 2.45) is 10.4 Å². The van der Waals surface area contributed by atoms with Gasteiger partial charge in [-0.3, -0.25) is 14.4 Å². The Balaban J connectivity index is 1.91. The zero-order valence-electron chi connectivity index (χ0n) is 18.8. The minimum absolute atomic E-state index is 0.0690. The predicted octanol–water partition coefficient (Wildman–Crippen LogP) is 6.19. The van der Waals surface area contributed by atoms with Gasteiger partial charge in [0, 0.05) is 33.9 Å². The van der Waals surface area contributed by atoms with Crippen LogP contribution in [-0.2, 0) is 4.79 Å². The summed E-state index contributed by atoms with van der Waals surface area (Å²) in [5, 5.41) is 10.6. The van der Waals surface area contributed by atoms with Crippen molar-refractivity contribution in [2.45, 2.75) is 60.4 Å². The van der Waals surface area contributed by atoms with Gasteiger partial charge in [0.1, 0.15) is 22.7 Å². The molecule has 7 heteroatoms. The van der Waals surface area contributed by atoms with Gasteiger partial charge in [0.25, 0.3) is 0 Å². The summed E-state index contributed by atoms with van der Waals surface area (Å²) >= 11 is 7.86. The molecule has 4 rings (SSSR count). The van der Waals surface area contributed by atoms with Gasteiger partial charge >= 0.3 is 0 Å². The summed E-state index contributed by atoms with van der Waals surface area (Å²) in [5.41, 5.74) is 4.07. The summed E-state index contributed by atoms with van der Waals surface area (Å²) in [4.78, 5) is 19.3. The first-order valence-electron chi connectivity index (χ1n) is 10.4. The molecule has 3 heterocycles. The molecule has 5 nitrogen and oxygen atoms in total. The molecule has 1 aliphatic rings. The van der Waals surface area contributed by atoms with E-state index < -0.39 is 0 Å². The third-order valence-corrected chi connectivity index (χ3v) is 6.95. The van der Waals surface area contributed by atoms with E-state index >= 15 is 0 Å². The van der Waals surface area contributed by atoms with E-state index in [9.17, 15) is 4.79 Å². The van der Waals surface area contributed by atoms with Gasteiger partial charge in [-0.05, 0) is 43.9 Å². The lowest BCUT2D eigenvalue weighted by Gasteiger charge is -2.18. The SMILES string of the molecule is Cc1sc2c(c1C)C(c1ccc(Cl)cc1)=N[C@@H](CC(=O)CC(C)(C)C)c1nnc(C)n1-2. The highest BCUT2D eigenvalue weighted by atomic mass is 35.5. The number of halogens is 1. The predicted molar refractivity (Wildman–Crippen MR) is 127 cm³/mol. The maximum absolute atomic E-state index is 12.9. The average molecular weight is 455 g/mol. The maximum atomic E-state index is 12.9. The van der Waals surface area contributed by atoms with Crippen LogP contribution in [0.2, 0.25) is 5.02 Å². The largest absolute Gasteiger partial charge is 0.300 e. The maximum Gasteiger partial charge on any atom is 0.163 e. The van der Waals surface area contributed by atoms with E-state index in [1.54, 1.807) is 11.3 Å². The molecule has 31 heavy (non-hydrogen) atoms. The molecule has 0 N–H and O–H groups in total. The van der Waals surface area contributed by atoms with Gasteiger partial charge < -0.3 is 0 Å². The third-order valence-electron chi connectivity index (χ3n) is 5.51. The second-order valence-electron chi connectivity index (χ2n) is 9.38. The van der Waals surface area contributed by atoms with Gasteiger partial charge in [0.15, 0.2) is 5.82 Å². The lowest BCUT2D eigenvalue weighted by molar-refractivity contribution is -0.121. The van der Waals surface area contributed by atoms with Gasteiger partial charge in [-0.15, -0.1) is 21.5 Å². The van der Waals surface area contributed by atoms with Crippen LogP contribution in [0.1, 0.15) is 72.9 Å². The third kappa shape index (κ3) is 4.23. The molecule has 0 bridgehead atoms. The quantitative estimate of drug-likeness (QED) is 0.471. The summed E-state index contributed by atoms with van der Waals surface area (Å²) < 4.78 is 2.08. The van der Waals surface area contributed by atoms with Crippen molar-refractivity contribution < 1.29 is 4.79 Å². The van der Waals surface area contributed by atoms with Crippen LogP contribution in [0.4, 0.5) is 0 Å². The second-order valence-corrected chi connectivity index (χ2v) is 11.0. The van der Waals surface area contributed by atoms with Crippen LogP contribution in [-0.4, -0.2) is 26.3 Å². The molecule has 0 saturated heterocycles. The molecule has 0 unspecified atom stereocenters. The first-order chi connectivity index (χ1) is 14.5. The Bertz CT molecular complexity index is 1180. The van der Waals surface area contributed by atoms with Crippen LogP contribution in [0, 0.1) is 26.2 Å². The number of nitrogens with zero attached hydrogens (tertiary/aromatic N) is 4. The van der Waals surface area contributed by atoms with E-state index in [4.69, 9.17) is 16.6 Å². The number of hydrogen-bond donors (Lipinski definition) is 0. The number of fused-ring (bicyclic) bond motifs is 3. The Kier molecular flexibility index (Phi) is 5.64. The fourth-order valence-corrected chi connectivity index (χ4v) is 5.35. The lowest BCUT2D eigenvalue weighted by atomic mass is 9.88. The number of aliphatic imine (C=N–C) groups is 1. The molecular formula is C24H27ClN4OS. The number of ketones is 1. The van der Waals surface area contributed by atoms with E-state index in [0.29, 0.717) is 17.9 Å². The molecule has 0 fully saturated rings. The average Bonchev–Trinajstić information content (AvgIpc) is 3.14. The summed E-state index contributed by atoms with van der Waals surface area (Å²) in [6, 6.07) is 7.35. The lowest BCUT2D eigenvalue weighted by Crippen LogP contribution is -2.16. The zero-order chi connectivity index (χ0) is 22.5. The summed E-state index contributed by atoms with van der Waals surface area (Å²) in [6.45, 7) is 12.4. The van der Waals surface area contributed by atoms with E-state index in [2.05, 4.69) is 49.4 Å². The van der Waals surface area contributed by atoms with Gasteiger partial charge in [-0.2, -0.15) is 0 Å². The molecule has 0 saturated carbocycles. The number of carbonyl (C=O) groups excluding carboxylic acids is 1. The van der Waals surface area contributed by atoms with Crippen LogP contribution < -0.4 is 0 Å². The van der Waals surface area contributed by atoms with Crippen LogP contribution in [0.15, 0.2) is 29.3 Å². The van der Waals surface area contributed by atoms with Crippen molar-refractivity contribution in [3.63, 3.8) is 0 Å². The number of hydrogen-bond acceptors (Lipinski definition) is 5. The van der Waals surface area contributed by atoms with Crippen molar-refractivity contribution in [3.05, 3.63) is 62.5 Å². The normalized spacial score (nSPS) is 15.8. The van der Waals surface area contributed by atoms with Gasteiger partial charge in [-0.1, -0.05) is 44.5 Å². The van der Waals surface area contributed by atoms with Crippen LogP contribution >= 0.6 is 22.9 Å². The fraction of sp³-hybridized carbons (Fsp3) is 0.417. The summed E-state index contributed by atoms with van der Waals surface area (Å²) in [6.07, 6.45) is 0.807. The van der Waals surface area contributed by atoms with E-state index in [1.807, 2.05) is 31.2 Å². The first kappa shape index (κ1) is 21.9. The highest BCUT2D eigenvalue weighted by molar-refractivity contribution is 7.15. The Hall–Kier alpha value is -2.31. The number of benzene rings is 1. The zero-order valence-corrected chi connectivity index (χ0v) is 20.4. The minimum Gasteiger partial charge on any atom is -0.300 e. The molecule has 1 atom stereocenters. The number of rotatable bonds is 4. The highest BCUT2D eigenvalue weighted by Gasteiger charge is 2.32. The Morgan fingerprint density at radius 1 is 1.13 bits per heavy atom. The van der Waals surface area contributed by atoms with Crippen molar-refractivity contribution >= 4 is 34.4 Å². The molecule has 0 aliphatic carbocycles. The minimum atomic E-state index is -0.388. The Morgan fingerprint density at radius 3 is 2.45 bits per heavy atom. The molecule has 0 spiro atoms. The monoisotopic (exact) mass is 454 g/mol. The van der Waals surface area contributed by atoms with Crippen LogP contribution in [0.25, 0.3) is 5.00 Å². The van der Waals surface area contributed by atoms with E-state index in [1.165, 1.54) is 10.4 Å². The molecule has 162 valence electrons. The first-order valence-corrected chi connectivity index (χ1v) is 11.6. The number of carbonyl (C=O) groups is 1. The second kappa shape index (κ2) is 7.99. The van der Waals surface area contributed by atoms with Crippen molar-refractivity contribution in [2.75, 3.05) is 0 Å². The molecule has 3 aromatic rings. The summed E-state index contributed by atoms with van der Waals surface area (Å²) in [7, 11) is 0. The Morgan fingerprint density at radius 2 is 1.81 bits per heavy atom. The van der Waals surface area contributed by atoms with Crippen molar-refractivity contribution in [1.29, 1.82) is 0 Å². The number of aryl methyl sites for hydroxylation is 2. The van der Waals surface area contributed by atoms with Crippen molar-refractivity contribution in [1.82, 2.24) is 14.8 Å². The van der Waals surface area contributed by atoms with Gasteiger partial charge in [0.2, 0.25) is 0 Å². The van der Waals surface area contributed by atoms with Crippen LogP contribution in [0.3, 0.4) is 0 Å². The van der Waals surface area contributed by atoms with Gasteiger partial charge in [0.05, 0.1) is 5.71 Å². The van der Waals surface area contributed by atoms with E-state index in [-0.39, 0.29) is 17.2 Å². The molecule has 1 aromatic carbocycles. The fourth-order valence-electron chi connectivity index (χ4n) is 4.01. The smallest absolute Gasteiger partial charge is 0.163 e. The molecule has 0 radical (unpaired) electrons. The van der Waals surface area contributed by atoms with Crippen LogP contribution in [0.5, 0.6) is 0 Å². The molecular weight excluding hydrogens is 428 g/mol. The standard InChI is InChI=1S/C24H27ClN4OS/c1-13-14(2)31-23-20(13)21(16-7-9-17(25)10-8-16)26-19(11-18(30)12-24(4,5)6)22-28-27-15(3)29(22)23/h7-10,19H,11-12H2,1-6H3/t19-/m0/s1. The topological polar surface area (TPSA) is 60.1 Å². The number of aromatic nitrogens is 3. The summed E-state index contributed by atoms with van der Waals surface area (Å²) in [5.74, 6) is 1.71. The Labute approximate surface area is 192 Å². The number of thiophene rings is 1. The molecule has 0 amide bonds. The van der Waals surface area contributed by atoms with Crippen molar-refractivity contribution in [3.8, 4) is 5.00 Å². The highest BCUT2D eigenvalue weighted by Crippen LogP contribution is 2.40.